The van der Waals surface area contributed by atoms with E-state index in [1.807, 2.05) is 20.8 Å². The number of benzene rings is 1. The fraction of sp³-hybridized carbons (Fsp3) is 0.278. The van der Waals surface area contributed by atoms with Crippen LogP contribution in [0.25, 0.3) is 0 Å². The lowest BCUT2D eigenvalue weighted by Crippen LogP contribution is -2.27. The van der Waals surface area contributed by atoms with Gasteiger partial charge in [-0.3, -0.25) is 14.4 Å². The molecule has 0 atom stereocenters. The summed E-state index contributed by atoms with van der Waals surface area (Å²) in [4.78, 5) is 35.9. The Kier molecular flexibility index (Phi) is 5.58. The van der Waals surface area contributed by atoms with Gasteiger partial charge in [0.05, 0.1) is 9.88 Å². The second-order valence-corrected chi connectivity index (χ2v) is 7.67. The normalized spacial score (nSPS) is 10.9. The van der Waals surface area contributed by atoms with Crippen LogP contribution >= 0.6 is 11.3 Å². The summed E-state index contributed by atoms with van der Waals surface area (Å²) in [6.45, 7) is 6.91. The third kappa shape index (κ3) is 5.42. The number of carbonyl (C=O) groups is 3. The minimum absolute atomic E-state index is 0.103. The van der Waals surface area contributed by atoms with E-state index in [0.717, 1.165) is 0 Å². The molecular weight excluding hydrogens is 338 g/mol. The molecular formula is C18H21N3O3S. The maximum Gasteiger partial charge on any atom is 0.265 e. The highest BCUT2D eigenvalue weighted by Gasteiger charge is 2.21. The molecule has 0 aliphatic rings. The van der Waals surface area contributed by atoms with Gasteiger partial charge in [0.1, 0.15) is 0 Å². The Hall–Kier alpha value is -2.67. The molecule has 25 heavy (non-hydrogen) atoms. The van der Waals surface area contributed by atoms with E-state index in [0.29, 0.717) is 21.3 Å². The molecule has 7 heteroatoms. The van der Waals surface area contributed by atoms with E-state index in [-0.39, 0.29) is 17.7 Å². The van der Waals surface area contributed by atoms with Crippen molar-refractivity contribution in [2.45, 2.75) is 27.7 Å². The molecule has 1 heterocycles. The first-order chi connectivity index (χ1) is 11.6. The maximum atomic E-state index is 12.3. The second kappa shape index (κ2) is 7.48. The third-order valence-corrected chi connectivity index (χ3v) is 4.19. The van der Waals surface area contributed by atoms with Gasteiger partial charge in [0, 0.05) is 23.7 Å². The van der Waals surface area contributed by atoms with Crippen LogP contribution in [0.4, 0.5) is 16.4 Å². The van der Waals surface area contributed by atoms with Crippen LogP contribution in [0.3, 0.4) is 0 Å². The van der Waals surface area contributed by atoms with Crippen LogP contribution in [0.1, 0.15) is 37.4 Å². The van der Waals surface area contributed by atoms with Gasteiger partial charge in [0.25, 0.3) is 5.91 Å². The van der Waals surface area contributed by atoms with E-state index in [4.69, 9.17) is 0 Å². The molecule has 0 radical (unpaired) electrons. The van der Waals surface area contributed by atoms with Gasteiger partial charge in [-0.15, -0.1) is 11.3 Å². The Balaban J connectivity index is 2.06. The largest absolute Gasteiger partial charge is 0.326 e. The Labute approximate surface area is 150 Å². The summed E-state index contributed by atoms with van der Waals surface area (Å²) in [6.07, 6.45) is 0. The molecule has 3 amide bonds. The van der Waals surface area contributed by atoms with Crippen molar-refractivity contribution in [1.82, 2.24) is 0 Å². The van der Waals surface area contributed by atoms with E-state index in [2.05, 4.69) is 16.0 Å². The lowest BCUT2D eigenvalue weighted by Gasteiger charge is -2.18. The zero-order chi connectivity index (χ0) is 18.6. The maximum absolute atomic E-state index is 12.3. The Morgan fingerprint density at radius 3 is 2.16 bits per heavy atom. The first-order valence-electron chi connectivity index (χ1n) is 7.75. The number of anilines is 3. The number of rotatable bonds is 4. The fourth-order valence-corrected chi connectivity index (χ4v) is 2.73. The number of amides is 3. The standard InChI is InChI=1S/C18H21N3O3S/c1-11(22)19-15-9-8-14(25-15)16(23)20-12-6-5-7-13(10-12)21-17(24)18(2,3)4/h5-10H,1-4H3,(H,19,22)(H,20,23)(H,21,24). The summed E-state index contributed by atoms with van der Waals surface area (Å²) in [5.41, 5.74) is 0.685. The predicted molar refractivity (Wildman–Crippen MR) is 101 cm³/mol. The monoisotopic (exact) mass is 359 g/mol. The molecule has 0 saturated heterocycles. The van der Waals surface area contributed by atoms with Crippen molar-refractivity contribution in [1.29, 1.82) is 0 Å². The first-order valence-corrected chi connectivity index (χ1v) is 8.57. The van der Waals surface area contributed by atoms with Crippen LogP contribution in [0.2, 0.25) is 0 Å². The molecule has 1 aromatic carbocycles. The molecule has 0 saturated carbocycles. The number of carbonyl (C=O) groups excluding carboxylic acids is 3. The summed E-state index contributed by atoms with van der Waals surface area (Å²) in [7, 11) is 0. The van der Waals surface area contributed by atoms with Crippen molar-refractivity contribution in [3.05, 3.63) is 41.3 Å². The average molecular weight is 359 g/mol. The molecule has 1 aromatic heterocycles. The van der Waals surface area contributed by atoms with Crippen LogP contribution in [0.15, 0.2) is 36.4 Å². The third-order valence-electron chi connectivity index (χ3n) is 3.19. The van der Waals surface area contributed by atoms with Gasteiger partial charge in [0.15, 0.2) is 0 Å². The van der Waals surface area contributed by atoms with E-state index >= 15 is 0 Å². The highest BCUT2D eigenvalue weighted by molar-refractivity contribution is 7.18. The molecule has 6 nitrogen and oxygen atoms in total. The molecule has 0 unspecified atom stereocenters. The summed E-state index contributed by atoms with van der Waals surface area (Å²) < 4.78 is 0. The SMILES string of the molecule is CC(=O)Nc1ccc(C(=O)Nc2cccc(NC(=O)C(C)(C)C)c2)s1. The molecule has 3 N–H and O–H groups in total. The lowest BCUT2D eigenvalue weighted by atomic mass is 9.95. The number of hydrogen-bond donors (Lipinski definition) is 3. The summed E-state index contributed by atoms with van der Waals surface area (Å²) >= 11 is 1.19. The van der Waals surface area contributed by atoms with Gasteiger partial charge < -0.3 is 16.0 Å². The van der Waals surface area contributed by atoms with Gasteiger partial charge in [-0.05, 0) is 30.3 Å². The van der Waals surface area contributed by atoms with Crippen molar-refractivity contribution >= 4 is 45.4 Å². The summed E-state index contributed by atoms with van der Waals surface area (Å²) in [5.74, 6) is -0.564. The van der Waals surface area contributed by atoms with Gasteiger partial charge in [-0.1, -0.05) is 26.8 Å². The number of thiophene rings is 1. The zero-order valence-electron chi connectivity index (χ0n) is 14.6. The summed E-state index contributed by atoms with van der Waals surface area (Å²) in [5, 5.41) is 8.87. The summed E-state index contributed by atoms with van der Waals surface area (Å²) in [6, 6.07) is 10.3. The Bertz CT molecular complexity index is 806. The molecule has 132 valence electrons. The second-order valence-electron chi connectivity index (χ2n) is 6.58. The van der Waals surface area contributed by atoms with Gasteiger partial charge in [-0.2, -0.15) is 0 Å². The van der Waals surface area contributed by atoms with Crippen molar-refractivity contribution < 1.29 is 14.4 Å². The fourth-order valence-electron chi connectivity index (χ4n) is 1.89. The van der Waals surface area contributed by atoms with Crippen LogP contribution in [0, 0.1) is 5.41 Å². The van der Waals surface area contributed by atoms with E-state index in [9.17, 15) is 14.4 Å². The van der Waals surface area contributed by atoms with Crippen molar-refractivity contribution in [3.8, 4) is 0 Å². The quantitative estimate of drug-likeness (QED) is 0.772. The average Bonchev–Trinajstić information content (AvgIpc) is 2.94. The van der Waals surface area contributed by atoms with Crippen LogP contribution in [0.5, 0.6) is 0 Å². The first kappa shape index (κ1) is 18.7. The molecule has 0 fully saturated rings. The van der Waals surface area contributed by atoms with Gasteiger partial charge in [0.2, 0.25) is 11.8 Å². The molecule has 0 aliphatic carbocycles. The highest BCUT2D eigenvalue weighted by atomic mass is 32.1. The van der Waals surface area contributed by atoms with E-state index < -0.39 is 5.41 Å². The number of hydrogen-bond acceptors (Lipinski definition) is 4. The lowest BCUT2D eigenvalue weighted by molar-refractivity contribution is -0.123. The van der Waals surface area contributed by atoms with Crippen LogP contribution in [-0.4, -0.2) is 17.7 Å². The molecule has 0 spiro atoms. The van der Waals surface area contributed by atoms with Crippen molar-refractivity contribution in [3.63, 3.8) is 0 Å². The van der Waals surface area contributed by atoms with Crippen molar-refractivity contribution in [2.24, 2.45) is 5.41 Å². The molecule has 2 rings (SSSR count). The van der Waals surface area contributed by atoms with Crippen molar-refractivity contribution in [2.75, 3.05) is 16.0 Å². The van der Waals surface area contributed by atoms with Gasteiger partial charge >= 0.3 is 0 Å². The number of nitrogens with one attached hydrogen (secondary N) is 3. The zero-order valence-corrected chi connectivity index (χ0v) is 15.4. The highest BCUT2D eigenvalue weighted by Crippen LogP contribution is 2.24. The topological polar surface area (TPSA) is 87.3 Å². The minimum Gasteiger partial charge on any atom is -0.326 e. The molecule has 0 aliphatic heterocycles. The Morgan fingerprint density at radius 1 is 0.920 bits per heavy atom. The van der Waals surface area contributed by atoms with Crippen LogP contribution < -0.4 is 16.0 Å². The van der Waals surface area contributed by atoms with Crippen LogP contribution in [-0.2, 0) is 9.59 Å². The minimum atomic E-state index is -0.504. The molecule has 0 bridgehead atoms. The van der Waals surface area contributed by atoms with E-state index in [1.54, 1.807) is 36.4 Å². The Morgan fingerprint density at radius 2 is 1.56 bits per heavy atom. The van der Waals surface area contributed by atoms with Gasteiger partial charge in [-0.25, -0.2) is 0 Å². The molecule has 2 aromatic rings. The smallest absolute Gasteiger partial charge is 0.265 e. The predicted octanol–water partition coefficient (Wildman–Crippen LogP) is 3.94. The van der Waals surface area contributed by atoms with E-state index in [1.165, 1.54) is 18.3 Å².